The number of methoxy groups -OCH3 is 1. The van der Waals surface area contributed by atoms with Crippen LogP contribution in [0.4, 0.5) is 0 Å². The van der Waals surface area contributed by atoms with Crippen molar-refractivity contribution in [3.8, 4) is 5.75 Å². The largest absolute Gasteiger partial charge is 0.497 e. The van der Waals surface area contributed by atoms with Gasteiger partial charge in [-0.05, 0) is 23.3 Å². The van der Waals surface area contributed by atoms with Crippen molar-refractivity contribution in [3.05, 3.63) is 70.8 Å². The Bertz CT molecular complexity index is 812. The molecule has 4 nitrogen and oxygen atoms in total. The molecule has 0 fully saturated rings. The molecule has 0 atom stereocenters. The number of ether oxygens (including phenoxy) is 1. The van der Waals surface area contributed by atoms with Gasteiger partial charge < -0.3 is 15.0 Å². The van der Waals surface area contributed by atoms with Crippen LogP contribution in [-0.4, -0.2) is 31.0 Å². The molecule has 1 heterocycles. The number of carbonyl (C=O) groups excluding carboxylic acids is 1. The molecular weight excluding hydrogens is 300 g/mol. The third-order valence-electron chi connectivity index (χ3n) is 4.70. The van der Waals surface area contributed by atoms with Gasteiger partial charge in [-0.25, -0.2) is 0 Å². The zero-order valence-corrected chi connectivity index (χ0v) is 13.7. The van der Waals surface area contributed by atoms with E-state index in [1.54, 1.807) is 7.11 Å². The third-order valence-corrected chi connectivity index (χ3v) is 4.70. The summed E-state index contributed by atoms with van der Waals surface area (Å²) in [5, 5.41) is 3.03. The van der Waals surface area contributed by atoms with Crippen molar-refractivity contribution < 1.29 is 9.53 Å². The molecule has 0 aromatic heterocycles. The lowest BCUT2D eigenvalue weighted by Crippen LogP contribution is -2.29. The fourth-order valence-corrected chi connectivity index (χ4v) is 3.53. The van der Waals surface area contributed by atoms with Crippen LogP contribution in [0.1, 0.15) is 16.7 Å². The van der Waals surface area contributed by atoms with Gasteiger partial charge in [0.2, 0.25) is 5.91 Å². The van der Waals surface area contributed by atoms with E-state index in [2.05, 4.69) is 40.5 Å². The van der Waals surface area contributed by atoms with Crippen molar-refractivity contribution in [3.63, 3.8) is 0 Å². The van der Waals surface area contributed by atoms with Crippen molar-refractivity contribution in [2.24, 2.45) is 0 Å². The van der Waals surface area contributed by atoms with Crippen LogP contribution in [0.3, 0.4) is 0 Å². The first-order valence-corrected chi connectivity index (χ1v) is 8.24. The second kappa shape index (κ2) is 6.04. The summed E-state index contributed by atoms with van der Waals surface area (Å²) in [4.78, 5) is 14.8. The molecule has 0 saturated heterocycles. The smallest absolute Gasteiger partial charge is 0.249 e. The number of nitrogens with one attached hydrogen (secondary N) is 1. The highest BCUT2D eigenvalue weighted by atomic mass is 16.5. The molecule has 1 N–H and O–H groups in total. The van der Waals surface area contributed by atoms with Crippen molar-refractivity contribution in [1.29, 1.82) is 0 Å². The molecular formula is C20H20N2O2. The van der Waals surface area contributed by atoms with Crippen LogP contribution >= 0.6 is 0 Å². The number of rotatable bonds is 3. The minimum absolute atomic E-state index is 0.0516. The lowest BCUT2D eigenvalue weighted by atomic mass is 10.1. The van der Waals surface area contributed by atoms with Crippen LogP contribution < -0.4 is 10.1 Å². The summed E-state index contributed by atoms with van der Waals surface area (Å²) in [6, 6.07) is 16.5. The number of hydrogen-bond acceptors (Lipinski definition) is 3. The number of hydrogen-bond donors (Lipinski definition) is 1. The molecule has 4 heteroatoms. The van der Waals surface area contributed by atoms with E-state index >= 15 is 0 Å². The van der Waals surface area contributed by atoms with Gasteiger partial charge in [0.25, 0.3) is 0 Å². The minimum atomic E-state index is 0.0516. The van der Waals surface area contributed by atoms with E-state index in [-0.39, 0.29) is 5.91 Å². The van der Waals surface area contributed by atoms with Crippen LogP contribution in [-0.2, 0) is 17.8 Å². The Hall–Kier alpha value is -2.75. The average molecular weight is 320 g/mol. The molecule has 0 saturated carbocycles. The summed E-state index contributed by atoms with van der Waals surface area (Å²) in [7, 11) is 1.67. The first-order chi connectivity index (χ1) is 11.8. The van der Waals surface area contributed by atoms with Crippen molar-refractivity contribution in [2.75, 3.05) is 20.2 Å². The summed E-state index contributed by atoms with van der Waals surface area (Å²) in [6.45, 7) is 2.26. The van der Waals surface area contributed by atoms with Gasteiger partial charge in [0.05, 0.1) is 12.8 Å². The molecule has 122 valence electrons. The molecule has 0 unspecified atom stereocenters. The van der Waals surface area contributed by atoms with Gasteiger partial charge in [-0.3, -0.25) is 4.79 Å². The van der Waals surface area contributed by atoms with Gasteiger partial charge in [0.1, 0.15) is 5.75 Å². The number of benzene rings is 2. The molecule has 2 aromatic carbocycles. The van der Waals surface area contributed by atoms with Gasteiger partial charge in [0.15, 0.2) is 0 Å². The number of carbonyl (C=O) groups is 1. The molecule has 24 heavy (non-hydrogen) atoms. The maximum atomic E-state index is 12.5. The second-order valence-corrected chi connectivity index (χ2v) is 6.19. The van der Waals surface area contributed by atoms with E-state index in [4.69, 9.17) is 4.74 Å². The minimum Gasteiger partial charge on any atom is -0.497 e. The van der Waals surface area contributed by atoms with E-state index in [0.717, 1.165) is 35.7 Å². The molecule has 0 spiro atoms. The van der Waals surface area contributed by atoms with Gasteiger partial charge in [0, 0.05) is 37.2 Å². The summed E-state index contributed by atoms with van der Waals surface area (Å²) in [5.41, 5.74) is 5.48. The predicted molar refractivity (Wildman–Crippen MR) is 93.5 cm³/mol. The Labute approximate surface area is 141 Å². The Morgan fingerprint density at radius 2 is 2.00 bits per heavy atom. The normalized spacial score (nSPS) is 16.4. The first-order valence-electron chi connectivity index (χ1n) is 8.24. The Morgan fingerprint density at radius 3 is 2.79 bits per heavy atom. The highest BCUT2D eigenvalue weighted by Gasteiger charge is 2.32. The summed E-state index contributed by atoms with van der Waals surface area (Å²) in [5.74, 6) is 0.877. The summed E-state index contributed by atoms with van der Waals surface area (Å²) >= 11 is 0. The van der Waals surface area contributed by atoms with Crippen LogP contribution in [0.5, 0.6) is 5.75 Å². The van der Waals surface area contributed by atoms with Gasteiger partial charge in [-0.15, -0.1) is 0 Å². The third kappa shape index (κ3) is 2.54. The predicted octanol–water partition coefficient (Wildman–Crippen LogP) is 2.59. The molecule has 1 aliphatic heterocycles. The number of fused-ring (bicyclic) bond motifs is 2. The summed E-state index contributed by atoms with van der Waals surface area (Å²) < 4.78 is 5.39. The van der Waals surface area contributed by atoms with Crippen LogP contribution in [0.15, 0.2) is 54.1 Å². The van der Waals surface area contributed by atoms with E-state index in [0.29, 0.717) is 13.0 Å². The van der Waals surface area contributed by atoms with Crippen LogP contribution in [0.25, 0.3) is 5.70 Å². The topological polar surface area (TPSA) is 41.6 Å². The second-order valence-electron chi connectivity index (χ2n) is 6.19. The molecule has 1 aliphatic carbocycles. The molecule has 0 bridgehead atoms. The SMILES string of the molecule is COc1ccc2c(c1)C1=C(C2)C(=O)NCCN1Cc1ccccc1. The number of amides is 1. The van der Waals surface area contributed by atoms with E-state index < -0.39 is 0 Å². The molecule has 1 amide bonds. The first kappa shape index (κ1) is 14.8. The maximum Gasteiger partial charge on any atom is 0.249 e. The van der Waals surface area contributed by atoms with Crippen LogP contribution in [0.2, 0.25) is 0 Å². The zero-order chi connectivity index (χ0) is 16.5. The quantitative estimate of drug-likeness (QED) is 0.945. The Kier molecular flexibility index (Phi) is 3.73. The highest BCUT2D eigenvalue weighted by molar-refractivity contribution is 6.04. The van der Waals surface area contributed by atoms with E-state index in [1.807, 2.05) is 18.2 Å². The molecule has 2 aliphatic rings. The molecule has 2 aromatic rings. The van der Waals surface area contributed by atoms with E-state index in [1.165, 1.54) is 11.1 Å². The number of nitrogens with zero attached hydrogens (tertiary/aromatic N) is 1. The highest BCUT2D eigenvalue weighted by Crippen LogP contribution is 2.38. The molecule has 0 radical (unpaired) electrons. The van der Waals surface area contributed by atoms with Crippen molar-refractivity contribution in [2.45, 2.75) is 13.0 Å². The summed E-state index contributed by atoms with van der Waals surface area (Å²) in [6.07, 6.45) is 0.686. The lowest BCUT2D eigenvalue weighted by Gasteiger charge is -2.26. The average Bonchev–Trinajstić information content (AvgIpc) is 2.93. The zero-order valence-electron chi connectivity index (χ0n) is 13.7. The standard InChI is InChI=1S/C20H20N2O2/c1-24-16-8-7-15-11-18-19(17(15)12-16)22(10-9-21-20(18)23)13-14-5-3-2-4-6-14/h2-8,12H,9-11,13H2,1H3,(H,21,23). The molecule has 4 rings (SSSR count). The lowest BCUT2D eigenvalue weighted by molar-refractivity contribution is -0.117. The Morgan fingerprint density at radius 1 is 1.17 bits per heavy atom. The monoisotopic (exact) mass is 320 g/mol. The van der Waals surface area contributed by atoms with Gasteiger partial charge >= 0.3 is 0 Å². The van der Waals surface area contributed by atoms with Crippen molar-refractivity contribution in [1.82, 2.24) is 10.2 Å². The van der Waals surface area contributed by atoms with E-state index in [9.17, 15) is 4.79 Å². The Balaban J connectivity index is 1.77. The fourth-order valence-electron chi connectivity index (χ4n) is 3.53. The van der Waals surface area contributed by atoms with Crippen molar-refractivity contribution >= 4 is 11.6 Å². The van der Waals surface area contributed by atoms with Gasteiger partial charge in [-0.1, -0.05) is 36.4 Å². The fraction of sp³-hybridized carbons (Fsp3) is 0.250. The van der Waals surface area contributed by atoms with Gasteiger partial charge in [-0.2, -0.15) is 0 Å². The maximum absolute atomic E-state index is 12.5. The van der Waals surface area contributed by atoms with Crippen LogP contribution in [0, 0.1) is 0 Å².